The summed E-state index contributed by atoms with van der Waals surface area (Å²) in [6.45, 7) is 1.87. The van der Waals surface area contributed by atoms with Crippen molar-refractivity contribution >= 4 is 0 Å². The molecule has 5 heteroatoms. The van der Waals surface area contributed by atoms with E-state index in [2.05, 4.69) is 4.98 Å². The maximum atomic E-state index is 13.6. The summed E-state index contributed by atoms with van der Waals surface area (Å²) in [7, 11) is 1.84. The van der Waals surface area contributed by atoms with Gasteiger partial charge >= 0.3 is 0 Å². The van der Waals surface area contributed by atoms with E-state index in [4.69, 9.17) is 5.11 Å². The Morgan fingerprint density at radius 3 is 2.68 bits per heavy atom. The van der Waals surface area contributed by atoms with Crippen LogP contribution in [-0.2, 0) is 19.9 Å². The normalized spacial score (nSPS) is 11.0. The Morgan fingerprint density at radius 2 is 2.05 bits per heavy atom. The second-order valence-electron chi connectivity index (χ2n) is 4.51. The zero-order chi connectivity index (χ0) is 14.0. The van der Waals surface area contributed by atoms with Crippen molar-refractivity contribution in [3.05, 3.63) is 52.6 Å². The van der Waals surface area contributed by atoms with Gasteiger partial charge in [-0.1, -0.05) is 6.07 Å². The minimum Gasteiger partial charge on any atom is -0.396 e. The summed E-state index contributed by atoms with van der Waals surface area (Å²) in [6.07, 6.45) is 0.816. The van der Waals surface area contributed by atoms with Gasteiger partial charge in [-0.15, -0.1) is 0 Å². The molecule has 1 N–H and O–H groups in total. The van der Waals surface area contributed by atoms with Gasteiger partial charge in [0.05, 0.1) is 12.3 Å². The molecule has 0 unspecified atom stereocenters. The molecule has 0 spiro atoms. The van der Waals surface area contributed by atoms with Crippen LogP contribution in [0.3, 0.4) is 0 Å². The van der Waals surface area contributed by atoms with Crippen LogP contribution < -0.4 is 0 Å². The van der Waals surface area contributed by atoms with Crippen LogP contribution in [0.15, 0.2) is 18.2 Å². The summed E-state index contributed by atoms with van der Waals surface area (Å²) in [5, 5.41) is 8.95. The highest BCUT2D eigenvalue weighted by Gasteiger charge is 2.13. The van der Waals surface area contributed by atoms with Crippen LogP contribution in [-0.4, -0.2) is 21.3 Å². The number of nitrogens with zero attached hydrogens (tertiary/aromatic N) is 2. The number of imidazole rings is 1. The van der Waals surface area contributed by atoms with Crippen molar-refractivity contribution in [3.8, 4) is 0 Å². The van der Waals surface area contributed by atoms with Gasteiger partial charge in [0.25, 0.3) is 0 Å². The Labute approximate surface area is 110 Å². The molecule has 0 radical (unpaired) electrons. The maximum Gasteiger partial charge on any atom is 0.129 e. The average Bonchev–Trinajstić information content (AvgIpc) is 2.60. The molecule has 0 atom stereocenters. The number of aliphatic hydroxyl groups is 1. The molecule has 102 valence electrons. The van der Waals surface area contributed by atoms with Gasteiger partial charge in [-0.25, -0.2) is 13.8 Å². The first-order valence-corrected chi connectivity index (χ1v) is 6.08. The predicted molar refractivity (Wildman–Crippen MR) is 67.9 cm³/mol. The van der Waals surface area contributed by atoms with E-state index in [1.165, 1.54) is 12.1 Å². The average molecular weight is 266 g/mol. The molecule has 1 aromatic heterocycles. The number of hydrogen-bond acceptors (Lipinski definition) is 2. The van der Waals surface area contributed by atoms with E-state index < -0.39 is 11.6 Å². The Bertz CT molecular complexity index is 593. The van der Waals surface area contributed by atoms with Crippen LogP contribution in [0.2, 0.25) is 0 Å². The highest BCUT2D eigenvalue weighted by atomic mass is 19.1. The molecule has 2 aromatic rings. The first kappa shape index (κ1) is 13.7. The summed E-state index contributed by atoms with van der Waals surface area (Å²) in [4.78, 5) is 4.35. The van der Waals surface area contributed by atoms with E-state index in [0.717, 1.165) is 23.3 Å². The van der Waals surface area contributed by atoms with Crippen LogP contribution in [0.5, 0.6) is 0 Å². The van der Waals surface area contributed by atoms with Crippen molar-refractivity contribution in [2.75, 3.05) is 6.61 Å². The Kier molecular flexibility index (Phi) is 3.95. The van der Waals surface area contributed by atoms with E-state index >= 15 is 0 Å². The van der Waals surface area contributed by atoms with Crippen molar-refractivity contribution in [3.63, 3.8) is 0 Å². The van der Waals surface area contributed by atoms with E-state index in [1.54, 1.807) is 0 Å². The molecule has 0 amide bonds. The monoisotopic (exact) mass is 266 g/mol. The highest BCUT2D eigenvalue weighted by molar-refractivity contribution is 5.27. The molecular formula is C14H16F2N2O. The third kappa shape index (κ3) is 2.81. The summed E-state index contributed by atoms with van der Waals surface area (Å²) in [5.41, 5.74) is 2.10. The van der Waals surface area contributed by atoms with Crippen LogP contribution in [0.25, 0.3) is 0 Å². The summed E-state index contributed by atoms with van der Waals surface area (Å²) in [6, 6.07) is 3.58. The molecule has 0 aliphatic heterocycles. The van der Waals surface area contributed by atoms with Gasteiger partial charge in [0.2, 0.25) is 0 Å². The third-order valence-corrected chi connectivity index (χ3v) is 3.21. The topological polar surface area (TPSA) is 38.1 Å². The second kappa shape index (κ2) is 5.48. The van der Waals surface area contributed by atoms with E-state index in [0.29, 0.717) is 18.4 Å². The summed E-state index contributed by atoms with van der Waals surface area (Å²) in [5.74, 6) is -0.370. The van der Waals surface area contributed by atoms with Crippen LogP contribution in [0.4, 0.5) is 8.78 Å². The lowest BCUT2D eigenvalue weighted by Crippen LogP contribution is -2.05. The van der Waals surface area contributed by atoms with Gasteiger partial charge in [0.1, 0.15) is 17.5 Å². The highest BCUT2D eigenvalue weighted by Crippen LogP contribution is 2.18. The number of aryl methyl sites for hydroxylation is 1. The standard InChI is InChI=1S/C14H16F2N2O/c1-9-13(18(2)14(17-9)5-6-19)7-10-3-4-11(15)8-12(10)16/h3-4,8,19H,5-7H2,1-2H3. The van der Waals surface area contributed by atoms with Crippen molar-refractivity contribution in [2.45, 2.75) is 19.8 Å². The van der Waals surface area contributed by atoms with Crippen LogP contribution in [0, 0.1) is 18.6 Å². The number of aliphatic hydroxyl groups excluding tert-OH is 1. The molecule has 0 aliphatic carbocycles. The van der Waals surface area contributed by atoms with Gasteiger partial charge < -0.3 is 9.67 Å². The molecular weight excluding hydrogens is 250 g/mol. The molecule has 0 saturated carbocycles. The van der Waals surface area contributed by atoms with Gasteiger partial charge in [-0.3, -0.25) is 0 Å². The van der Waals surface area contributed by atoms with Crippen molar-refractivity contribution in [2.24, 2.45) is 7.05 Å². The van der Waals surface area contributed by atoms with Gasteiger partial charge in [-0.2, -0.15) is 0 Å². The fourth-order valence-corrected chi connectivity index (χ4v) is 2.15. The molecule has 3 nitrogen and oxygen atoms in total. The number of rotatable bonds is 4. The van der Waals surface area contributed by atoms with Gasteiger partial charge in [0, 0.05) is 31.6 Å². The molecule has 0 saturated heterocycles. The van der Waals surface area contributed by atoms with E-state index in [9.17, 15) is 8.78 Å². The molecule has 0 bridgehead atoms. The fraction of sp³-hybridized carbons (Fsp3) is 0.357. The lowest BCUT2D eigenvalue weighted by molar-refractivity contribution is 0.295. The smallest absolute Gasteiger partial charge is 0.129 e. The Morgan fingerprint density at radius 1 is 1.32 bits per heavy atom. The molecule has 0 fully saturated rings. The van der Waals surface area contributed by atoms with Gasteiger partial charge in [0.15, 0.2) is 0 Å². The summed E-state index contributed by atoms with van der Waals surface area (Å²) < 4.78 is 28.4. The fourth-order valence-electron chi connectivity index (χ4n) is 2.15. The quantitative estimate of drug-likeness (QED) is 0.920. The Balaban J connectivity index is 2.33. The first-order valence-electron chi connectivity index (χ1n) is 6.08. The van der Waals surface area contributed by atoms with Crippen LogP contribution in [0.1, 0.15) is 22.8 Å². The maximum absolute atomic E-state index is 13.6. The zero-order valence-electron chi connectivity index (χ0n) is 11.0. The number of hydrogen-bond donors (Lipinski definition) is 1. The molecule has 19 heavy (non-hydrogen) atoms. The van der Waals surface area contributed by atoms with E-state index in [-0.39, 0.29) is 6.61 Å². The first-order chi connectivity index (χ1) is 9.02. The molecule has 1 heterocycles. The van der Waals surface area contributed by atoms with Crippen LogP contribution >= 0.6 is 0 Å². The SMILES string of the molecule is Cc1nc(CCO)n(C)c1Cc1ccc(F)cc1F. The van der Waals surface area contributed by atoms with Crippen molar-refractivity contribution < 1.29 is 13.9 Å². The van der Waals surface area contributed by atoms with Gasteiger partial charge in [-0.05, 0) is 18.6 Å². The van der Waals surface area contributed by atoms with Crippen molar-refractivity contribution in [1.29, 1.82) is 0 Å². The Hall–Kier alpha value is -1.75. The number of halogens is 2. The second-order valence-corrected chi connectivity index (χ2v) is 4.51. The molecule has 2 rings (SSSR count). The minimum atomic E-state index is -0.580. The largest absolute Gasteiger partial charge is 0.396 e. The lowest BCUT2D eigenvalue weighted by Gasteiger charge is -2.07. The van der Waals surface area contributed by atoms with Crippen molar-refractivity contribution in [1.82, 2.24) is 9.55 Å². The minimum absolute atomic E-state index is 0.0225. The third-order valence-electron chi connectivity index (χ3n) is 3.21. The zero-order valence-corrected chi connectivity index (χ0v) is 11.0. The number of aromatic nitrogens is 2. The molecule has 1 aromatic carbocycles. The number of benzene rings is 1. The van der Waals surface area contributed by atoms with E-state index in [1.807, 2.05) is 18.5 Å². The summed E-state index contributed by atoms with van der Waals surface area (Å²) >= 11 is 0. The molecule has 0 aliphatic rings. The predicted octanol–water partition coefficient (Wildman–Crippen LogP) is 2.13. The lowest BCUT2D eigenvalue weighted by atomic mass is 10.1.